The summed E-state index contributed by atoms with van der Waals surface area (Å²) in [6.07, 6.45) is 3.33. The number of carbonyl (C=O) groups is 1. The monoisotopic (exact) mass is 349 g/mol. The first-order chi connectivity index (χ1) is 11.5. The summed E-state index contributed by atoms with van der Waals surface area (Å²) < 4.78 is 31.3. The second kappa shape index (κ2) is 8.53. The molecule has 0 unspecified atom stereocenters. The largest absolute Gasteiger partial charge is 0.383 e. The van der Waals surface area contributed by atoms with Crippen molar-refractivity contribution in [3.8, 4) is 0 Å². The molecule has 0 radical (unpaired) electrons. The predicted molar refractivity (Wildman–Crippen MR) is 88.9 cm³/mol. The Hall–Kier alpha value is -2.29. The third kappa shape index (κ3) is 5.12. The van der Waals surface area contributed by atoms with Crippen molar-refractivity contribution in [1.29, 1.82) is 0 Å². The minimum atomic E-state index is -3.60. The molecule has 1 heterocycles. The van der Waals surface area contributed by atoms with Crippen LogP contribution in [0.1, 0.15) is 15.9 Å². The Kier molecular flexibility index (Phi) is 6.42. The van der Waals surface area contributed by atoms with Crippen LogP contribution in [0.25, 0.3) is 0 Å². The van der Waals surface area contributed by atoms with Gasteiger partial charge in [-0.1, -0.05) is 6.07 Å². The van der Waals surface area contributed by atoms with Gasteiger partial charge in [-0.15, -0.1) is 0 Å². The number of nitrogens with one attached hydrogen (secondary N) is 2. The van der Waals surface area contributed by atoms with Crippen molar-refractivity contribution in [2.45, 2.75) is 11.4 Å². The van der Waals surface area contributed by atoms with E-state index in [2.05, 4.69) is 15.0 Å². The van der Waals surface area contributed by atoms with Crippen LogP contribution in [0.2, 0.25) is 0 Å². The zero-order chi connectivity index (χ0) is 17.4. The highest BCUT2D eigenvalue weighted by molar-refractivity contribution is 7.89. The van der Waals surface area contributed by atoms with Crippen molar-refractivity contribution in [3.63, 3.8) is 0 Å². The Morgan fingerprint density at radius 1 is 1.21 bits per heavy atom. The van der Waals surface area contributed by atoms with E-state index in [-0.39, 0.29) is 24.0 Å². The molecule has 0 aliphatic heterocycles. The lowest BCUT2D eigenvalue weighted by atomic mass is 10.2. The molecule has 7 nitrogen and oxygen atoms in total. The van der Waals surface area contributed by atoms with E-state index in [4.69, 9.17) is 4.74 Å². The maximum Gasteiger partial charge on any atom is 0.251 e. The number of hydrogen-bond donors (Lipinski definition) is 2. The number of ether oxygens (including phenoxy) is 1. The van der Waals surface area contributed by atoms with Crippen LogP contribution < -0.4 is 10.0 Å². The zero-order valence-corrected chi connectivity index (χ0v) is 14.0. The van der Waals surface area contributed by atoms with Crippen LogP contribution in [0.3, 0.4) is 0 Å². The first kappa shape index (κ1) is 18.1. The van der Waals surface area contributed by atoms with Gasteiger partial charge in [0.05, 0.1) is 11.5 Å². The molecule has 0 atom stereocenters. The number of nitrogens with zero attached hydrogens (tertiary/aromatic N) is 1. The maximum atomic E-state index is 12.1. The Balaban J connectivity index is 1.97. The van der Waals surface area contributed by atoms with Gasteiger partial charge in [-0.2, -0.15) is 0 Å². The SMILES string of the molecule is COCCNS(=O)(=O)c1ccc(C(=O)NCc2cccnc2)cc1. The lowest BCUT2D eigenvalue weighted by Crippen LogP contribution is -2.27. The number of amides is 1. The molecular weight excluding hydrogens is 330 g/mol. The molecule has 1 aromatic carbocycles. The molecule has 0 saturated carbocycles. The van der Waals surface area contributed by atoms with E-state index in [1.807, 2.05) is 6.07 Å². The van der Waals surface area contributed by atoms with E-state index in [9.17, 15) is 13.2 Å². The minimum Gasteiger partial charge on any atom is -0.383 e. The highest BCUT2D eigenvalue weighted by atomic mass is 32.2. The summed E-state index contributed by atoms with van der Waals surface area (Å²) in [5.41, 5.74) is 1.27. The fourth-order valence-corrected chi connectivity index (χ4v) is 2.95. The second-order valence-electron chi connectivity index (χ2n) is 4.96. The Labute approximate surface area is 141 Å². The van der Waals surface area contributed by atoms with E-state index in [0.29, 0.717) is 12.1 Å². The van der Waals surface area contributed by atoms with E-state index < -0.39 is 10.0 Å². The smallest absolute Gasteiger partial charge is 0.251 e. The summed E-state index contributed by atoms with van der Waals surface area (Å²) in [6.45, 7) is 0.825. The van der Waals surface area contributed by atoms with E-state index >= 15 is 0 Å². The van der Waals surface area contributed by atoms with Gasteiger partial charge in [0.1, 0.15) is 0 Å². The number of methoxy groups -OCH3 is 1. The average molecular weight is 349 g/mol. The molecule has 1 aromatic heterocycles. The number of benzene rings is 1. The molecule has 24 heavy (non-hydrogen) atoms. The summed E-state index contributed by atoms with van der Waals surface area (Å²) >= 11 is 0. The standard InChI is InChI=1S/C16H19N3O4S/c1-23-10-9-19-24(21,22)15-6-4-14(5-7-15)16(20)18-12-13-3-2-8-17-11-13/h2-8,11,19H,9-10,12H2,1H3,(H,18,20). The van der Waals surface area contributed by atoms with Crippen molar-refractivity contribution in [2.24, 2.45) is 0 Å². The van der Waals surface area contributed by atoms with Crippen molar-refractivity contribution in [2.75, 3.05) is 20.3 Å². The Morgan fingerprint density at radius 2 is 1.96 bits per heavy atom. The first-order valence-electron chi connectivity index (χ1n) is 7.29. The Morgan fingerprint density at radius 3 is 2.58 bits per heavy atom. The van der Waals surface area contributed by atoms with Crippen molar-refractivity contribution < 1.29 is 17.9 Å². The number of pyridine rings is 1. The number of carbonyl (C=O) groups excluding carboxylic acids is 1. The molecule has 2 rings (SSSR count). The predicted octanol–water partition coefficient (Wildman–Crippen LogP) is 0.936. The Bertz CT molecular complexity index is 762. The number of aromatic nitrogens is 1. The molecule has 0 fully saturated rings. The molecule has 0 bridgehead atoms. The van der Waals surface area contributed by atoms with Gasteiger partial charge < -0.3 is 10.1 Å². The van der Waals surface area contributed by atoms with E-state index in [1.54, 1.807) is 18.5 Å². The minimum absolute atomic E-state index is 0.0995. The molecule has 2 aromatic rings. The molecule has 0 spiro atoms. The zero-order valence-electron chi connectivity index (χ0n) is 13.2. The van der Waals surface area contributed by atoms with Crippen LogP contribution in [-0.4, -0.2) is 39.6 Å². The third-order valence-corrected chi connectivity index (χ3v) is 4.68. The highest BCUT2D eigenvalue weighted by Crippen LogP contribution is 2.10. The van der Waals surface area contributed by atoms with E-state index in [1.165, 1.54) is 31.4 Å². The normalized spacial score (nSPS) is 11.2. The van der Waals surface area contributed by atoms with Crippen LogP contribution in [0.4, 0.5) is 0 Å². The van der Waals surface area contributed by atoms with Gasteiger partial charge >= 0.3 is 0 Å². The number of sulfonamides is 1. The van der Waals surface area contributed by atoms with Crippen LogP contribution in [-0.2, 0) is 21.3 Å². The molecule has 2 N–H and O–H groups in total. The quantitative estimate of drug-likeness (QED) is 0.691. The van der Waals surface area contributed by atoms with E-state index in [0.717, 1.165) is 5.56 Å². The molecule has 0 saturated heterocycles. The molecule has 8 heteroatoms. The molecular formula is C16H19N3O4S. The molecule has 1 amide bonds. The van der Waals surface area contributed by atoms with Gasteiger partial charge in [-0.05, 0) is 35.9 Å². The van der Waals surface area contributed by atoms with Crippen LogP contribution in [0, 0.1) is 0 Å². The lowest BCUT2D eigenvalue weighted by Gasteiger charge is -2.08. The summed E-state index contributed by atoms with van der Waals surface area (Å²) in [7, 11) is -2.11. The lowest BCUT2D eigenvalue weighted by molar-refractivity contribution is 0.0951. The molecule has 0 aliphatic carbocycles. The van der Waals surface area contributed by atoms with Gasteiger partial charge in [0.25, 0.3) is 5.91 Å². The van der Waals surface area contributed by atoms with Crippen molar-refractivity contribution >= 4 is 15.9 Å². The second-order valence-corrected chi connectivity index (χ2v) is 6.73. The number of hydrogen-bond acceptors (Lipinski definition) is 5. The maximum absolute atomic E-state index is 12.1. The molecule has 0 aliphatic rings. The fourth-order valence-electron chi connectivity index (χ4n) is 1.93. The molecule has 128 valence electrons. The van der Waals surface area contributed by atoms with Gasteiger partial charge in [0, 0.05) is 38.2 Å². The van der Waals surface area contributed by atoms with Gasteiger partial charge in [0.15, 0.2) is 0 Å². The third-order valence-electron chi connectivity index (χ3n) is 3.20. The van der Waals surface area contributed by atoms with Gasteiger partial charge in [-0.3, -0.25) is 9.78 Å². The summed E-state index contributed by atoms with van der Waals surface area (Å²) in [5.74, 6) is -0.282. The highest BCUT2D eigenvalue weighted by Gasteiger charge is 2.14. The summed E-state index contributed by atoms with van der Waals surface area (Å²) in [5, 5.41) is 2.75. The van der Waals surface area contributed by atoms with Crippen molar-refractivity contribution in [1.82, 2.24) is 15.0 Å². The fraction of sp³-hybridized carbons (Fsp3) is 0.250. The van der Waals surface area contributed by atoms with Gasteiger partial charge in [0.2, 0.25) is 10.0 Å². The van der Waals surface area contributed by atoms with Crippen molar-refractivity contribution in [3.05, 3.63) is 59.9 Å². The van der Waals surface area contributed by atoms with Crippen LogP contribution >= 0.6 is 0 Å². The van der Waals surface area contributed by atoms with Crippen LogP contribution in [0.15, 0.2) is 53.7 Å². The summed E-state index contributed by atoms with van der Waals surface area (Å²) in [6, 6.07) is 9.39. The van der Waals surface area contributed by atoms with Crippen LogP contribution in [0.5, 0.6) is 0 Å². The van der Waals surface area contributed by atoms with Gasteiger partial charge in [-0.25, -0.2) is 13.1 Å². The average Bonchev–Trinajstić information content (AvgIpc) is 2.61. The first-order valence-corrected chi connectivity index (χ1v) is 8.77. The summed E-state index contributed by atoms with van der Waals surface area (Å²) in [4.78, 5) is 16.1. The topological polar surface area (TPSA) is 97.4 Å². The number of rotatable bonds is 8.